The Morgan fingerprint density at radius 3 is 2.62 bits per heavy atom. The fraction of sp³-hybridized carbons (Fsp3) is 0.524. The van der Waals surface area contributed by atoms with Crippen LogP contribution < -0.4 is 5.32 Å². The maximum Gasteiger partial charge on any atom is 0.408 e. The molecule has 6 nitrogen and oxygen atoms in total. The van der Waals surface area contributed by atoms with Gasteiger partial charge in [0.05, 0.1) is 11.2 Å². The van der Waals surface area contributed by atoms with Gasteiger partial charge in [-0.15, -0.1) is 0 Å². The van der Waals surface area contributed by atoms with Gasteiger partial charge >= 0.3 is 6.09 Å². The highest BCUT2D eigenvalue weighted by Gasteiger charge is 2.63. The smallest absolute Gasteiger partial charge is 0.408 e. The number of halogens is 2. The minimum atomic E-state index is -0.818. The van der Waals surface area contributed by atoms with Gasteiger partial charge in [-0.3, -0.25) is 0 Å². The van der Waals surface area contributed by atoms with Crippen LogP contribution in [0, 0.1) is 11.6 Å². The van der Waals surface area contributed by atoms with E-state index in [0.29, 0.717) is 37.6 Å². The summed E-state index contributed by atoms with van der Waals surface area (Å²) >= 11 is 0. The molecular weight excluding hydrogens is 380 g/mol. The van der Waals surface area contributed by atoms with Gasteiger partial charge in [0.15, 0.2) is 0 Å². The molecule has 1 unspecified atom stereocenters. The SMILES string of the molecule is CC(C)(C)OC(=O)NC1(C)c2nc(-c3cc(F)ccc3F)cn2C12CCOCC2. The molecule has 0 aliphatic carbocycles. The van der Waals surface area contributed by atoms with Crippen molar-refractivity contribution >= 4 is 6.09 Å². The third kappa shape index (κ3) is 3.10. The quantitative estimate of drug-likeness (QED) is 0.818. The monoisotopic (exact) mass is 405 g/mol. The number of rotatable bonds is 2. The van der Waals surface area contributed by atoms with Crippen molar-refractivity contribution in [3.05, 3.63) is 41.9 Å². The summed E-state index contributed by atoms with van der Waals surface area (Å²) in [5.74, 6) is -0.497. The van der Waals surface area contributed by atoms with E-state index in [0.717, 1.165) is 18.2 Å². The molecule has 1 spiro atoms. The number of hydrogen-bond donors (Lipinski definition) is 1. The molecule has 2 aliphatic heterocycles. The first kappa shape index (κ1) is 19.8. The van der Waals surface area contributed by atoms with Gasteiger partial charge in [-0.2, -0.15) is 0 Å². The van der Waals surface area contributed by atoms with E-state index in [9.17, 15) is 13.6 Å². The number of aromatic nitrogens is 2. The van der Waals surface area contributed by atoms with E-state index < -0.39 is 34.4 Å². The van der Waals surface area contributed by atoms with Gasteiger partial charge in [-0.25, -0.2) is 18.6 Å². The second-order valence-corrected chi connectivity index (χ2v) is 8.84. The molecule has 29 heavy (non-hydrogen) atoms. The second kappa shape index (κ2) is 6.52. The highest BCUT2D eigenvalue weighted by atomic mass is 19.1. The fourth-order valence-corrected chi connectivity index (χ4v) is 4.41. The Balaban J connectivity index is 1.75. The summed E-state index contributed by atoms with van der Waals surface area (Å²) in [4.78, 5) is 17.1. The molecule has 2 aromatic rings. The van der Waals surface area contributed by atoms with Crippen molar-refractivity contribution in [1.82, 2.24) is 14.9 Å². The van der Waals surface area contributed by atoms with Crippen molar-refractivity contribution in [2.24, 2.45) is 0 Å². The van der Waals surface area contributed by atoms with Crippen LogP contribution in [-0.4, -0.2) is 34.5 Å². The van der Waals surface area contributed by atoms with Gasteiger partial charge < -0.3 is 19.4 Å². The lowest BCUT2D eigenvalue weighted by Crippen LogP contribution is -2.71. The lowest BCUT2D eigenvalue weighted by atomic mass is 9.66. The number of amides is 1. The number of nitrogens with zero attached hydrogens (tertiary/aromatic N) is 2. The summed E-state index contributed by atoms with van der Waals surface area (Å²) in [6.45, 7) is 8.36. The number of hydrogen-bond acceptors (Lipinski definition) is 4. The van der Waals surface area contributed by atoms with Crippen molar-refractivity contribution < 1.29 is 23.0 Å². The minimum absolute atomic E-state index is 0.0914. The molecule has 0 bridgehead atoms. The lowest BCUT2D eigenvalue weighted by Gasteiger charge is -2.59. The number of imidazole rings is 1. The lowest BCUT2D eigenvalue weighted by molar-refractivity contribution is -0.0763. The summed E-state index contributed by atoms with van der Waals surface area (Å²) in [6.07, 6.45) is 2.51. The molecule has 1 saturated heterocycles. The predicted molar refractivity (Wildman–Crippen MR) is 102 cm³/mol. The van der Waals surface area contributed by atoms with Crippen LogP contribution in [0.15, 0.2) is 24.4 Å². The van der Waals surface area contributed by atoms with Crippen LogP contribution >= 0.6 is 0 Å². The van der Waals surface area contributed by atoms with Gasteiger partial charge in [0.25, 0.3) is 0 Å². The third-order valence-electron chi connectivity index (χ3n) is 5.82. The number of alkyl carbamates (subject to hydrolysis) is 1. The Kier molecular flexibility index (Phi) is 4.45. The number of carbonyl (C=O) groups is 1. The predicted octanol–water partition coefficient (Wildman–Crippen LogP) is 4.09. The molecule has 3 heterocycles. The number of nitrogens with one attached hydrogen (secondary N) is 1. The van der Waals surface area contributed by atoms with Crippen molar-refractivity contribution in [2.45, 2.75) is 57.2 Å². The molecule has 156 valence electrons. The first-order valence-corrected chi connectivity index (χ1v) is 9.70. The van der Waals surface area contributed by atoms with Crippen LogP contribution in [0.3, 0.4) is 0 Å². The molecule has 1 N–H and O–H groups in total. The topological polar surface area (TPSA) is 65.4 Å². The first-order valence-electron chi connectivity index (χ1n) is 9.70. The van der Waals surface area contributed by atoms with Crippen LogP contribution in [0.2, 0.25) is 0 Å². The zero-order chi connectivity index (χ0) is 21.0. The molecule has 1 atom stereocenters. The summed E-state index contributed by atoms with van der Waals surface area (Å²) in [6, 6.07) is 3.29. The zero-order valence-electron chi connectivity index (χ0n) is 17.0. The van der Waals surface area contributed by atoms with Crippen molar-refractivity contribution in [3.8, 4) is 11.3 Å². The normalized spacial score (nSPS) is 22.7. The summed E-state index contributed by atoms with van der Waals surface area (Å²) < 4.78 is 41.0. The average Bonchev–Trinajstić information content (AvgIpc) is 3.06. The molecule has 2 aliphatic rings. The van der Waals surface area contributed by atoms with E-state index in [-0.39, 0.29) is 5.56 Å². The minimum Gasteiger partial charge on any atom is -0.444 e. The summed E-state index contributed by atoms with van der Waals surface area (Å²) in [7, 11) is 0. The molecule has 0 saturated carbocycles. The van der Waals surface area contributed by atoms with E-state index in [1.54, 1.807) is 27.0 Å². The van der Waals surface area contributed by atoms with Crippen molar-refractivity contribution in [3.63, 3.8) is 0 Å². The van der Waals surface area contributed by atoms with Gasteiger partial charge in [-0.1, -0.05) is 0 Å². The van der Waals surface area contributed by atoms with Crippen molar-refractivity contribution in [1.29, 1.82) is 0 Å². The van der Waals surface area contributed by atoms with E-state index in [1.165, 1.54) is 0 Å². The number of carbonyl (C=O) groups excluding carboxylic acids is 1. The Hall–Kier alpha value is -2.48. The van der Waals surface area contributed by atoms with Gasteiger partial charge in [0, 0.05) is 25.0 Å². The van der Waals surface area contributed by atoms with Crippen LogP contribution in [0.5, 0.6) is 0 Å². The molecule has 1 aromatic heterocycles. The van der Waals surface area contributed by atoms with E-state index in [4.69, 9.17) is 9.47 Å². The van der Waals surface area contributed by atoms with Crippen molar-refractivity contribution in [2.75, 3.05) is 13.2 Å². The fourth-order valence-electron chi connectivity index (χ4n) is 4.41. The van der Waals surface area contributed by atoms with Gasteiger partial charge in [0.1, 0.15) is 28.6 Å². The molecular formula is C21H25F2N3O3. The number of ether oxygens (including phenoxy) is 2. The maximum atomic E-state index is 14.3. The molecule has 0 radical (unpaired) electrons. The molecule has 1 amide bonds. The van der Waals surface area contributed by atoms with E-state index in [1.807, 2.05) is 11.5 Å². The third-order valence-corrected chi connectivity index (χ3v) is 5.82. The molecule has 1 fully saturated rings. The molecule has 4 rings (SSSR count). The van der Waals surface area contributed by atoms with Gasteiger partial charge in [-0.05, 0) is 58.7 Å². The largest absolute Gasteiger partial charge is 0.444 e. The summed E-state index contributed by atoms with van der Waals surface area (Å²) in [5.41, 5.74) is -1.50. The second-order valence-electron chi connectivity index (χ2n) is 8.84. The Bertz CT molecular complexity index is 961. The zero-order valence-corrected chi connectivity index (χ0v) is 17.0. The molecule has 8 heteroatoms. The Morgan fingerprint density at radius 1 is 1.28 bits per heavy atom. The van der Waals surface area contributed by atoms with Crippen LogP contribution in [0.1, 0.15) is 46.4 Å². The Labute approximate surface area is 168 Å². The summed E-state index contributed by atoms with van der Waals surface area (Å²) in [5, 5.41) is 2.99. The average molecular weight is 405 g/mol. The van der Waals surface area contributed by atoms with E-state index >= 15 is 0 Å². The number of fused-ring (bicyclic) bond motifs is 2. The molecule has 1 aromatic carbocycles. The van der Waals surface area contributed by atoms with Crippen LogP contribution in [0.25, 0.3) is 11.3 Å². The highest BCUT2D eigenvalue weighted by molar-refractivity contribution is 5.70. The Morgan fingerprint density at radius 2 is 1.97 bits per heavy atom. The highest BCUT2D eigenvalue weighted by Crippen LogP contribution is 2.54. The number of benzene rings is 1. The van der Waals surface area contributed by atoms with Gasteiger partial charge in [0.2, 0.25) is 0 Å². The standard InChI is InChI=1S/C21H25F2N3O3/c1-19(2,3)29-18(27)25-20(4)17-24-16(14-11-13(22)5-6-15(14)23)12-26(17)21(20)7-9-28-10-8-21/h5-6,11-12H,7-10H2,1-4H3,(H,25,27). The van der Waals surface area contributed by atoms with E-state index in [2.05, 4.69) is 10.3 Å². The first-order chi connectivity index (χ1) is 13.6. The maximum absolute atomic E-state index is 14.3. The van der Waals surface area contributed by atoms with Crippen LogP contribution in [0.4, 0.5) is 13.6 Å². The van der Waals surface area contributed by atoms with Crippen LogP contribution in [-0.2, 0) is 20.6 Å².